The van der Waals surface area contributed by atoms with Crippen LogP contribution in [0, 0.1) is 16.7 Å². The fraction of sp³-hybridized carbons (Fsp3) is 0.857. The summed E-state index contributed by atoms with van der Waals surface area (Å²) in [5.74, 6) is -0.870. The Morgan fingerprint density at radius 3 is 2.53 bits per heavy atom. The molecule has 3 aliphatic carbocycles. The van der Waals surface area contributed by atoms with Gasteiger partial charge >= 0.3 is 5.97 Å². The molecule has 3 aliphatic rings. The van der Waals surface area contributed by atoms with Gasteiger partial charge in [0.05, 0.1) is 6.61 Å². The Morgan fingerprint density at radius 2 is 2.05 bits per heavy atom. The van der Waals surface area contributed by atoms with Crippen molar-refractivity contribution < 1.29 is 19.4 Å². The van der Waals surface area contributed by atoms with E-state index in [2.05, 4.69) is 5.32 Å². The Hall–Kier alpha value is -1.10. The average molecular weight is 267 g/mol. The predicted molar refractivity (Wildman–Crippen MR) is 67.5 cm³/mol. The van der Waals surface area contributed by atoms with E-state index < -0.39 is 11.4 Å². The third-order valence-corrected chi connectivity index (χ3v) is 5.23. The van der Waals surface area contributed by atoms with Gasteiger partial charge < -0.3 is 15.2 Å². The molecule has 0 heterocycles. The molecule has 5 nitrogen and oxygen atoms in total. The maximum absolute atomic E-state index is 12.3. The lowest BCUT2D eigenvalue weighted by atomic mass is 9.45. The number of carbonyl (C=O) groups excluding carboxylic acids is 1. The minimum atomic E-state index is -1.15. The van der Waals surface area contributed by atoms with Crippen molar-refractivity contribution in [1.29, 1.82) is 0 Å². The van der Waals surface area contributed by atoms with Gasteiger partial charge in [0.2, 0.25) is 5.91 Å². The van der Waals surface area contributed by atoms with Crippen LogP contribution in [0.5, 0.6) is 0 Å². The summed E-state index contributed by atoms with van der Waals surface area (Å²) < 4.78 is 5.04. The molecule has 0 saturated heterocycles. The lowest BCUT2D eigenvalue weighted by Gasteiger charge is -2.58. The summed E-state index contributed by atoms with van der Waals surface area (Å²) in [5.41, 5.74) is -0.980. The Balaban J connectivity index is 1.59. The molecule has 1 spiro atoms. The van der Waals surface area contributed by atoms with Crippen molar-refractivity contribution in [3.63, 3.8) is 0 Å². The van der Waals surface area contributed by atoms with Crippen LogP contribution in [0.15, 0.2) is 0 Å². The van der Waals surface area contributed by atoms with Crippen LogP contribution >= 0.6 is 0 Å². The third kappa shape index (κ3) is 1.95. The molecular weight excluding hydrogens is 246 g/mol. The van der Waals surface area contributed by atoms with Gasteiger partial charge in [0.15, 0.2) is 0 Å². The highest BCUT2D eigenvalue weighted by Crippen LogP contribution is 2.64. The molecule has 0 aliphatic heterocycles. The zero-order valence-corrected chi connectivity index (χ0v) is 11.3. The first-order valence-corrected chi connectivity index (χ1v) is 7.05. The van der Waals surface area contributed by atoms with Crippen LogP contribution in [-0.4, -0.2) is 36.7 Å². The van der Waals surface area contributed by atoms with Crippen LogP contribution in [0.3, 0.4) is 0 Å². The topological polar surface area (TPSA) is 75.6 Å². The monoisotopic (exact) mass is 267 g/mol. The van der Waals surface area contributed by atoms with Crippen LogP contribution in [0.2, 0.25) is 0 Å². The van der Waals surface area contributed by atoms with Crippen molar-refractivity contribution in [2.75, 3.05) is 13.7 Å². The number of ether oxygens (including phenoxy) is 1. The first-order chi connectivity index (χ1) is 9.01. The fourth-order valence-corrected chi connectivity index (χ4v) is 3.80. The van der Waals surface area contributed by atoms with Crippen molar-refractivity contribution in [3.8, 4) is 0 Å². The lowest BCUT2D eigenvalue weighted by molar-refractivity contribution is -0.181. The Kier molecular flexibility index (Phi) is 2.85. The summed E-state index contributed by atoms with van der Waals surface area (Å²) in [6.45, 7) is 0.634. The van der Waals surface area contributed by atoms with Crippen molar-refractivity contribution in [3.05, 3.63) is 0 Å². The minimum Gasteiger partial charge on any atom is -0.480 e. The Labute approximate surface area is 112 Å². The number of methoxy groups -OCH3 is 1. The predicted octanol–water partition coefficient (Wildman–Crippen LogP) is 1.17. The lowest BCUT2D eigenvalue weighted by Crippen LogP contribution is -2.61. The molecule has 3 saturated carbocycles. The normalized spacial score (nSPS) is 33.1. The van der Waals surface area contributed by atoms with Crippen LogP contribution in [0.1, 0.15) is 38.5 Å². The number of rotatable bonds is 5. The quantitative estimate of drug-likeness (QED) is 0.733. The first-order valence-electron chi connectivity index (χ1n) is 7.05. The van der Waals surface area contributed by atoms with Gasteiger partial charge in [0.25, 0.3) is 0 Å². The number of carboxylic acid groups (broad SMARTS) is 1. The molecule has 2 N–H and O–H groups in total. The average Bonchev–Trinajstić information content (AvgIpc) is 2.92. The van der Waals surface area contributed by atoms with Gasteiger partial charge in [-0.05, 0) is 37.5 Å². The molecular formula is C14H21NO4. The number of hydrogen-bond donors (Lipinski definition) is 2. The molecule has 0 aromatic rings. The highest BCUT2D eigenvalue weighted by atomic mass is 16.5. The molecule has 3 fully saturated rings. The molecule has 0 bridgehead atoms. The van der Waals surface area contributed by atoms with E-state index >= 15 is 0 Å². The van der Waals surface area contributed by atoms with Gasteiger partial charge in [-0.25, -0.2) is 0 Å². The fourth-order valence-electron chi connectivity index (χ4n) is 3.80. The van der Waals surface area contributed by atoms with Gasteiger partial charge in [0.1, 0.15) is 5.41 Å². The maximum Gasteiger partial charge on any atom is 0.319 e. The number of nitrogens with one attached hydrogen (secondary N) is 1. The largest absolute Gasteiger partial charge is 0.480 e. The third-order valence-electron chi connectivity index (χ3n) is 5.23. The van der Waals surface area contributed by atoms with Crippen molar-refractivity contribution in [2.24, 2.45) is 16.7 Å². The zero-order chi connectivity index (χ0) is 13.7. The second-order valence-electron chi connectivity index (χ2n) is 6.63. The maximum atomic E-state index is 12.3. The summed E-state index contributed by atoms with van der Waals surface area (Å²) in [4.78, 5) is 23.8. The second kappa shape index (κ2) is 4.20. The summed E-state index contributed by atoms with van der Waals surface area (Å²) in [7, 11) is 1.64. The van der Waals surface area contributed by atoms with Gasteiger partial charge in [-0.2, -0.15) is 0 Å². The van der Waals surface area contributed by atoms with E-state index in [9.17, 15) is 14.7 Å². The molecule has 1 amide bonds. The summed E-state index contributed by atoms with van der Waals surface area (Å²) >= 11 is 0. The van der Waals surface area contributed by atoms with Crippen LogP contribution in [0.4, 0.5) is 0 Å². The van der Waals surface area contributed by atoms with E-state index in [1.807, 2.05) is 0 Å². The minimum absolute atomic E-state index is 0.113. The number of carboxylic acids is 1. The number of amides is 1. The number of hydrogen-bond acceptors (Lipinski definition) is 3. The van der Waals surface area contributed by atoms with Crippen LogP contribution in [0.25, 0.3) is 0 Å². The van der Waals surface area contributed by atoms with Crippen molar-refractivity contribution >= 4 is 11.9 Å². The van der Waals surface area contributed by atoms with E-state index in [-0.39, 0.29) is 17.4 Å². The van der Waals surface area contributed by atoms with Gasteiger partial charge in [-0.15, -0.1) is 0 Å². The standard InChI is InChI=1S/C14H21NO4/c1-19-6-9-5-10(9)15-11(16)14(12(17)18)7-13(8-14)3-2-4-13/h9-10H,2-8H2,1H3,(H,15,16)(H,17,18)/t9-,10+/m1/s1. The van der Waals surface area contributed by atoms with Gasteiger partial charge in [-0.1, -0.05) is 6.42 Å². The van der Waals surface area contributed by atoms with E-state index in [0.717, 1.165) is 19.3 Å². The first kappa shape index (κ1) is 12.9. The molecule has 0 aromatic carbocycles. The number of aliphatic carboxylic acids is 1. The molecule has 19 heavy (non-hydrogen) atoms. The highest BCUT2D eigenvalue weighted by molar-refractivity contribution is 6.03. The van der Waals surface area contributed by atoms with E-state index in [1.165, 1.54) is 6.42 Å². The Bertz CT molecular complexity index is 408. The molecule has 5 heteroatoms. The van der Waals surface area contributed by atoms with Crippen molar-refractivity contribution in [2.45, 2.75) is 44.6 Å². The zero-order valence-electron chi connectivity index (χ0n) is 11.3. The van der Waals surface area contributed by atoms with E-state index in [1.54, 1.807) is 7.11 Å². The smallest absolute Gasteiger partial charge is 0.319 e. The van der Waals surface area contributed by atoms with E-state index in [0.29, 0.717) is 25.4 Å². The molecule has 2 atom stereocenters. The second-order valence-corrected chi connectivity index (χ2v) is 6.63. The molecule has 0 aromatic heterocycles. The Morgan fingerprint density at radius 1 is 1.37 bits per heavy atom. The van der Waals surface area contributed by atoms with Gasteiger partial charge in [0, 0.05) is 19.1 Å². The van der Waals surface area contributed by atoms with Crippen molar-refractivity contribution in [1.82, 2.24) is 5.32 Å². The number of carbonyl (C=O) groups is 2. The van der Waals surface area contributed by atoms with Crippen LogP contribution < -0.4 is 5.32 Å². The summed E-state index contributed by atoms with van der Waals surface area (Å²) in [5, 5.41) is 12.3. The highest BCUT2D eigenvalue weighted by Gasteiger charge is 2.65. The summed E-state index contributed by atoms with van der Waals surface area (Å²) in [6, 6.07) is 0.113. The van der Waals surface area contributed by atoms with E-state index in [4.69, 9.17) is 4.74 Å². The SMILES string of the molecule is COC[C@H]1C[C@@H]1NC(=O)C1(C(=O)O)CC2(CCC2)C1. The molecule has 0 radical (unpaired) electrons. The van der Waals surface area contributed by atoms with Gasteiger partial charge in [-0.3, -0.25) is 9.59 Å². The van der Waals surface area contributed by atoms with Crippen LogP contribution in [-0.2, 0) is 14.3 Å². The molecule has 3 rings (SSSR count). The summed E-state index contributed by atoms with van der Waals surface area (Å²) in [6.07, 6.45) is 5.32. The molecule has 106 valence electrons. The molecule has 0 unspecified atom stereocenters.